The van der Waals surface area contributed by atoms with E-state index in [1.807, 2.05) is 28.8 Å². The number of nitrogens with zero attached hydrogens (tertiary/aromatic N) is 2. The molecule has 1 heterocycles. The summed E-state index contributed by atoms with van der Waals surface area (Å²) in [5.41, 5.74) is 3.96. The van der Waals surface area contributed by atoms with Crippen LogP contribution in [0.5, 0.6) is 0 Å². The van der Waals surface area contributed by atoms with Crippen LogP contribution in [0.3, 0.4) is 0 Å². The van der Waals surface area contributed by atoms with Gasteiger partial charge in [-0.05, 0) is 35.2 Å². The maximum atomic E-state index is 11.0. The predicted molar refractivity (Wildman–Crippen MR) is 110 cm³/mol. The molecule has 0 spiro atoms. The van der Waals surface area contributed by atoms with E-state index >= 15 is 0 Å². The van der Waals surface area contributed by atoms with Crippen molar-refractivity contribution in [1.29, 1.82) is 0 Å². The molecule has 0 saturated heterocycles. The molecule has 0 fully saturated rings. The van der Waals surface area contributed by atoms with E-state index < -0.39 is 5.97 Å². The highest BCUT2D eigenvalue weighted by atomic mass is 35.5. The number of hydrogen-bond donors (Lipinski definition) is 2. The zero-order valence-corrected chi connectivity index (χ0v) is 16.5. The Hall–Kier alpha value is -2.63. The molecule has 0 aliphatic rings. The van der Waals surface area contributed by atoms with Gasteiger partial charge in [0.25, 0.3) is 0 Å². The Morgan fingerprint density at radius 3 is 2.21 bits per heavy atom. The van der Waals surface area contributed by atoms with Gasteiger partial charge in [-0.2, -0.15) is 0 Å². The predicted octanol–water partition coefficient (Wildman–Crippen LogP) is 4.78. The third-order valence-electron chi connectivity index (χ3n) is 4.77. The lowest BCUT2D eigenvalue weighted by molar-refractivity contribution is 0.0697. The number of halogens is 1. The summed E-state index contributed by atoms with van der Waals surface area (Å²) < 4.78 is 1.99. The number of carboxylic acid groups (broad SMARTS) is 1. The van der Waals surface area contributed by atoms with Crippen LogP contribution >= 0.6 is 11.6 Å². The number of unbranched alkanes of at least 4 members (excludes halogenated alkanes) is 1. The first-order chi connectivity index (χ1) is 13.5. The summed E-state index contributed by atoms with van der Waals surface area (Å²) in [6.45, 7) is 2.57. The second-order valence-corrected chi connectivity index (χ2v) is 7.05. The zero-order chi connectivity index (χ0) is 20.1. The number of aliphatic hydroxyl groups is 1. The Labute approximate surface area is 169 Å². The molecule has 0 saturated carbocycles. The molecule has 2 N–H and O–H groups in total. The molecule has 2 aromatic carbocycles. The number of carboxylic acids is 1. The van der Waals surface area contributed by atoms with E-state index in [1.165, 1.54) is 0 Å². The van der Waals surface area contributed by atoms with Gasteiger partial charge in [-0.1, -0.05) is 61.3 Å². The standard InChI is InChI=1S/C22H23ClN2O3/c1-2-3-4-20-24-21(23)19(14-26)25(20)13-15-5-7-16(8-6-15)17-9-11-18(12-10-17)22(27)28/h5-12,26H,2-4,13-14H2,1H3,(H,27,28). The summed E-state index contributed by atoms with van der Waals surface area (Å²) in [5, 5.41) is 19.1. The summed E-state index contributed by atoms with van der Waals surface area (Å²) in [4.78, 5) is 15.4. The minimum atomic E-state index is -0.931. The maximum Gasteiger partial charge on any atom is 0.335 e. The molecule has 0 unspecified atom stereocenters. The fourth-order valence-electron chi connectivity index (χ4n) is 3.16. The Bertz CT molecular complexity index is 947. The van der Waals surface area contributed by atoms with Crippen LogP contribution in [0.4, 0.5) is 0 Å². The first-order valence-corrected chi connectivity index (χ1v) is 9.68. The smallest absolute Gasteiger partial charge is 0.335 e. The highest BCUT2D eigenvalue weighted by Crippen LogP contribution is 2.23. The van der Waals surface area contributed by atoms with Gasteiger partial charge in [0, 0.05) is 13.0 Å². The lowest BCUT2D eigenvalue weighted by atomic mass is 10.0. The molecule has 0 amide bonds. The summed E-state index contributed by atoms with van der Waals surface area (Å²) in [7, 11) is 0. The van der Waals surface area contributed by atoms with Crippen LogP contribution in [0.25, 0.3) is 11.1 Å². The van der Waals surface area contributed by atoms with Gasteiger partial charge in [0.1, 0.15) is 5.82 Å². The number of aryl methyl sites for hydroxylation is 1. The molecule has 28 heavy (non-hydrogen) atoms. The number of hydrogen-bond acceptors (Lipinski definition) is 3. The SMILES string of the molecule is CCCCc1nc(Cl)c(CO)n1Cc1ccc(-c2ccc(C(=O)O)cc2)cc1. The van der Waals surface area contributed by atoms with Gasteiger partial charge in [0.2, 0.25) is 0 Å². The van der Waals surface area contributed by atoms with Crippen LogP contribution in [0.1, 0.15) is 47.2 Å². The van der Waals surface area contributed by atoms with Gasteiger partial charge in [0.05, 0.1) is 17.9 Å². The van der Waals surface area contributed by atoms with E-state index in [2.05, 4.69) is 11.9 Å². The van der Waals surface area contributed by atoms with E-state index in [-0.39, 0.29) is 12.2 Å². The highest BCUT2D eigenvalue weighted by molar-refractivity contribution is 6.30. The molecule has 146 valence electrons. The van der Waals surface area contributed by atoms with Crippen LogP contribution in [0.2, 0.25) is 5.15 Å². The minimum absolute atomic E-state index is 0.147. The first kappa shape index (κ1) is 20.1. The van der Waals surface area contributed by atoms with Crippen molar-refractivity contribution in [2.45, 2.75) is 39.3 Å². The van der Waals surface area contributed by atoms with Gasteiger partial charge < -0.3 is 14.8 Å². The molecule has 3 aromatic rings. The van der Waals surface area contributed by atoms with Crippen molar-refractivity contribution in [2.24, 2.45) is 0 Å². The maximum absolute atomic E-state index is 11.0. The Balaban J connectivity index is 1.82. The van der Waals surface area contributed by atoms with Gasteiger partial charge in [0.15, 0.2) is 5.15 Å². The van der Waals surface area contributed by atoms with Crippen LogP contribution in [-0.4, -0.2) is 25.7 Å². The van der Waals surface area contributed by atoms with Crippen molar-refractivity contribution in [3.05, 3.63) is 76.3 Å². The zero-order valence-electron chi connectivity index (χ0n) is 15.7. The average molecular weight is 399 g/mol. The van der Waals surface area contributed by atoms with E-state index in [9.17, 15) is 9.90 Å². The van der Waals surface area contributed by atoms with Crippen molar-refractivity contribution in [3.8, 4) is 11.1 Å². The van der Waals surface area contributed by atoms with Crippen LogP contribution in [0, 0.1) is 0 Å². The van der Waals surface area contributed by atoms with E-state index in [0.29, 0.717) is 17.4 Å². The molecular formula is C22H23ClN2O3. The first-order valence-electron chi connectivity index (χ1n) is 9.30. The van der Waals surface area contributed by atoms with Crippen LogP contribution in [0.15, 0.2) is 48.5 Å². The number of aromatic nitrogens is 2. The van der Waals surface area contributed by atoms with Crippen molar-refractivity contribution in [2.75, 3.05) is 0 Å². The van der Waals surface area contributed by atoms with Crippen molar-refractivity contribution < 1.29 is 15.0 Å². The van der Waals surface area contributed by atoms with Crippen molar-refractivity contribution in [1.82, 2.24) is 9.55 Å². The molecule has 6 heteroatoms. The van der Waals surface area contributed by atoms with Crippen LogP contribution in [-0.2, 0) is 19.6 Å². The number of carbonyl (C=O) groups is 1. The van der Waals surface area contributed by atoms with Gasteiger partial charge in [-0.3, -0.25) is 0 Å². The molecule has 1 aromatic heterocycles. The molecule has 0 aliphatic heterocycles. The Kier molecular flexibility index (Phi) is 6.49. The van der Waals surface area contributed by atoms with Gasteiger partial charge in [-0.15, -0.1) is 0 Å². The summed E-state index contributed by atoms with van der Waals surface area (Å²) in [6.07, 6.45) is 2.90. The van der Waals surface area contributed by atoms with Crippen molar-refractivity contribution >= 4 is 17.6 Å². The topological polar surface area (TPSA) is 75.4 Å². The molecular weight excluding hydrogens is 376 g/mol. The van der Waals surface area contributed by atoms with Crippen molar-refractivity contribution in [3.63, 3.8) is 0 Å². The van der Waals surface area contributed by atoms with E-state index in [1.54, 1.807) is 24.3 Å². The molecule has 0 aliphatic carbocycles. The number of aliphatic hydroxyl groups excluding tert-OH is 1. The normalized spacial score (nSPS) is 11.0. The summed E-state index contributed by atoms with van der Waals surface area (Å²) >= 11 is 6.20. The molecule has 3 rings (SSSR count). The molecule has 0 radical (unpaired) electrons. The summed E-state index contributed by atoms with van der Waals surface area (Å²) in [6, 6.07) is 14.9. The largest absolute Gasteiger partial charge is 0.478 e. The quantitative estimate of drug-likeness (QED) is 0.572. The summed E-state index contributed by atoms with van der Waals surface area (Å²) in [5.74, 6) is -0.0382. The van der Waals surface area contributed by atoms with Crippen LogP contribution < -0.4 is 0 Å². The molecule has 0 atom stereocenters. The van der Waals surface area contributed by atoms with E-state index in [4.69, 9.17) is 16.7 Å². The third kappa shape index (κ3) is 4.43. The van der Waals surface area contributed by atoms with Gasteiger partial charge in [-0.25, -0.2) is 9.78 Å². The molecule has 0 bridgehead atoms. The number of benzene rings is 2. The Morgan fingerprint density at radius 2 is 1.68 bits per heavy atom. The van der Waals surface area contributed by atoms with Gasteiger partial charge >= 0.3 is 5.97 Å². The van der Waals surface area contributed by atoms with E-state index in [0.717, 1.165) is 41.8 Å². The number of rotatable bonds is 8. The lowest BCUT2D eigenvalue weighted by Gasteiger charge is -2.12. The fourth-order valence-corrected chi connectivity index (χ4v) is 3.42. The fraction of sp³-hybridized carbons (Fsp3) is 0.273. The second-order valence-electron chi connectivity index (χ2n) is 6.69. The highest BCUT2D eigenvalue weighted by Gasteiger charge is 2.15. The third-order valence-corrected chi connectivity index (χ3v) is 5.07. The number of imidazole rings is 1. The average Bonchev–Trinajstić information content (AvgIpc) is 3.01. The number of aromatic carboxylic acids is 1. The second kappa shape index (κ2) is 9.04. The minimum Gasteiger partial charge on any atom is -0.478 e. The Morgan fingerprint density at radius 1 is 1.07 bits per heavy atom. The monoisotopic (exact) mass is 398 g/mol. The lowest BCUT2D eigenvalue weighted by Crippen LogP contribution is -2.09. The molecule has 5 nitrogen and oxygen atoms in total.